The molecule has 0 aliphatic carbocycles. The molecule has 0 bridgehead atoms. The molecule has 0 saturated carbocycles. The zero-order valence-corrected chi connectivity index (χ0v) is 10.9. The van der Waals surface area contributed by atoms with Crippen LogP contribution in [0, 0.1) is 0 Å². The fourth-order valence-electron chi connectivity index (χ4n) is 2.16. The predicted octanol–water partition coefficient (Wildman–Crippen LogP) is 1.74. The van der Waals surface area contributed by atoms with Crippen LogP contribution >= 0.6 is 0 Å². The van der Waals surface area contributed by atoms with E-state index >= 15 is 0 Å². The molecular formula is C13H15N5O. The molecule has 0 fully saturated rings. The molecule has 2 heterocycles. The highest BCUT2D eigenvalue weighted by Gasteiger charge is 2.14. The number of nitrogens with zero attached hydrogens (tertiary/aromatic N) is 4. The minimum atomic E-state index is 0.426. The molecule has 0 radical (unpaired) electrons. The Morgan fingerprint density at radius 3 is 2.89 bits per heavy atom. The Labute approximate surface area is 110 Å². The first-order valence-corrected chi connectivity index (χ1v) is 6.09. The van der Waals surface area contributed by atoms with E-state index in [1.165, 1.54) is 0 Å². The van der Waals surface area contributed by atoms with Crippen molar-refractivity contribution in [1.29, 1.82) is 0 Å². The van der Waals surface area contributed by atoms with Gasteiger partial charge >= 0.3 is 0 Å². The first-order valence-electron chi connectivity index (χ1n) is 6.09. The van der Waals surface area contributed by atoms with E-state index < -0.39 is 0 Å². The summed E-state index contributed by atoms with van der Waals surface area (Å²) in [4.78, 5) is 4.40. The van der Waals surface area contributed by atoms with Gasteiger partial charge in [0.15, 0.2) is 0 Å². The lowest BCUT2D eigenvalue weighted by molar-refractivity contribution is 0.344. The number of hydrogen-bond donors (Lipinski definition) is 1. The second kappa shape index (κ2) is 4.31. The summed E-state index contributed by atoms with van der Waals surface area (Å²) in [7, 11) is 1.87. The number of aryl methyl sites for hydroxylation is 1. The summed E-state index contributed by atoms with van der Waals surface area (Å²) in [6.45, 7) is 2.54. The van der Waals surface area contributed by atoms with Gasteiger partial charge in [-0.1, -0.05) is 6.07 Å². The molecule has 0 amide bonds. The highest BCUT2D eigenvalue weighted by molar-refractivity contribution is 5.86. The standard InChI is InChI=1S/C13H15N5O/c1-3-19-11-6-4-5-10-12(11)16-13(14)18(10)9-7-15-17(2)8-9/h4-8H,3H2,1-2H3,(H2,14,16). The summed E-state index contributed by atoms with van der Waals surface area (Å²) < 4.78 is 9.17. The number of imidazole rings is 1. The molecule has 3 aromatic rings. The number of anilines is 1. The van der Waals surface area contributed by atoms with Crippen LogP contribution in [0.5, 0.6) is 5.75 Å². The maximum absolute atomic E-state index is 6.02. The third-order valence-electron chi connectivity index (χ3n) is 2.92. The molecular weight excluding hydrogens is 242 g/mol. The van der Waals surface area contributed by atoms with Crippen LogP contribution in [-0.2, 0) is 7.05 Å². The highest BCUT2D eigenvalue weighted by atomic mass is 16.5. The molecule has 19 heavy (non-hydrogen) atoms. The van der Waals surface area contributed by atoms with Crippen molar-refractivity contribution in [3.8, 4) is 11.4 Å². The van der Waals surface area contributed by atoms with Gasteiger partial charge < -0.3 is 10.5 Å². The number of benzene rings is 1. The average molecular weight is 257 g/mol. The number of ether oxygens (including phenoxy) is 1. The fraction of sp³-hybridized carbons (Fsp3) is 0.231. The lowest BCUT2D eigenvalue weighted by Gasteiger charge is -2.04. The van der Waals surface area contributed by atoms with Crippen LogP contribution in [-0.4, -0.2) is 25.9 Å². The molecule has 6 nitrogen and oxygen atoms in total. The predicted molar refractivity (Wildman–Crippen MR) is 73.4 cm³/mol. The molecule has 0 saturated heterocycles. The van der Waals surface area contributed by atoms with Crippen LogP contribution in [0.25, 0.3) is 16.7 Å². The van der Waals surface area contributed by atoms with Crippen molar-refractivity contribution in [1.82, 2.24) is 19.3 Å². The third-order valence-corrected chi connectivity index (χ3v) is 2.92. The topological polar surface area (TPSA) is 70.9 Å². The van der Waals surface area contributed by atoms with Crippen LogP contribution in [0.4, 0.5) is 5.95 Å². The van der Waals surface area contributed by atoms with Gasteiger partial charge in [0.2, 0.25) is 5.95 Å². The van der Waals surface area contributed by atoms with E-state index in [0.717, 1.165) is 22.5 Å². The molecule has 0 unspecified atom stereocenters. The smallest absolute Gasteiger partial charge is 0.206 e. The summed E-state index contributed by atoms with van der Waals surface area (Å²) in [5.74, 6) is 1.17. The van der Waals surface area contributed by atoms with Gasteiger partial charge in [-0.05, 0) is 19.1 Å². The second-order valence-corrected chi connectivity index (χ2v) is 4.23. The van der Waals surface area contributed by atoms with Gasteiger partial charge in [0.1, 0.15) is 11.3 Å². The van der Waals surface area contributed by atoms with E-state index in [1.54, 1.807) is 10.9 Å². The maximum atomic E-state index is 6.02. The van der Waals surface area contributed by atoms with Gasteiger partial charge in [-0.3, -0.25) is 9.25 Å². The Bertz CT molecular complexity index is 728. The van der Waals surface area contributed by atoms with Gasteiger partial charge in [-0.2, -0.15) is 5.10 Å². The Morgan fingerprint density at radius 2 is 2.21 bits per heavy atom. The summed E-state index contributed by atoms with van der Waals surface area (Å²) in [6.07, 6.45) is 3.65. The summed E-state index contributed by atoms with van der Waals surface area (Å²) in [6, 6.07) is 5.79. The number of rotatable bonds is 3. The van der Waals surface area contributed by atoms with E-state index in [9.17, 15) is 0 Å². The first-order chi connectivity index (χ1) is 9.20. The molecule has 0 aliphatic heterocycles. The van der Waals surface area contributed by atoms with E-state index in [2.05, 4.69) is 10.1 Å². The largest absolute Gasteiger partial charge is 0.492 e. The third kappa shape index (κ3) is 1.81. The van der Waals surface area contributed by atoms with E-state index in [4.69, 9.17) is 10.5 Å². The van der Waals surface area contributed by atoms with Crippen molar-refractivity contribution in [2.45, 2.75) is 6.92 Å². The van der Waals surface area contributed by atoms with Crippen molar-refractivity contribution in [2.24, 2.45) is 7.05 Å². The molecule has 98 valence electrons. The molecule has 2 aromatic heterocycles. The van der Waals surface area contributed by atoms with E-state index in [0.29, 0.717) is 12.6 Å². The zero-order chi connectivity index (χ0) is 13.4. The van der Waals surface area contributed by atoms with Crippen molar-refractivity contribution in [3.05, 3.63) is 30.6 Å². The van der Waals surface area contributed by atoms with E-state index in [-0.39, 0.29) is 0 Å². The van der Waals surface area contributed by atoms with Gasteiger partial charge in [0.25, 0.3) is 0 Å². The van der Waals surface area contributed by atoms with Crippen LogP contribution in [0.3, 0.4) is 0 Å². The SMILES string of the molecule is CCOc1cccc2c1nc(N)n2-c1cnn(C)c1. The minimum Gasteiger partial charge on any atom is -0.492 e. The lowest BCUT2D eigenvalue weighted by Crippen LogP contribution is -1.99. The Morgan fingerprint density at radius 1 is 1.37 bits per heavy atom. The van der Waals surface area contributed by atoms with Gasteiger partial charge in [0, 0.05) is 13.2 Å². The van der Waals surface area contributed by atoms with E-state index in [1.807, 2.05) is 42.9 Å². The van der Waals surface area contributed by atoms with Gasteiger partial charge in [-0.25, -0.2) is 4.98 Å². The Kier molecular flexibility index (Phi) is 2.63. The van der Waals surface area contributed by atoms with Crippen LogP contribution in [0.1, 0.15) is 6.92 Å². The number of nitrogens with two attached hydrogens (primary N) is 1. The van der Waals surface area contributed by atoms with Gasteiger partial charge in [-0.15, -0.1) is 0 Å². The quantitative estimate of drug-likeness (QED) is 0.775. The number of fused-ring (bicyclic) bond motifs is 1. The van der Waals surface area contributed by atoms with Crippen LogP contribution < -0.4 is 10.5 Å². The molecule has 1 aromatic carbocycles. The normalized spacial score (nSPS) is 11.1. The summed E-state index contributed by atoms with van der Waals surface area (Å²) in [5.41, 5.74) is 8.59. The molecule has 2 N–H and O–H groups in total. The van der Waals surface area contributed by atoms with Gasteiger partial charge in [0.05, 0.1) is 24.0 Å². The summed E-state index contributed by atoms with van der Waals surface area (Å²) >= 11 is 0. The monoisotopic (exact) mass is 257 g/mol. The van der Waals surface area contributed by atoms with Crippen molar-refractivity contribution >= 4 is 17.0 Å². The molecule has 6 heteroatoms. The van der Waals surface area contributed by atoms with Crippen molar-refractivity contribution < 1.29 is 4.74 Å². The minimum absolute atomic E-state index is 0.426. The number of para-hydroxylation sites is 1. The van der Waals surface area contributed by atoms with Crippen LogP contribution in [0.15, 0.2) is 30.6 Å². The average Bonchev–Trinajstić information content (AvgIpc) is 2.93. The maximum Gasteiger partial charge on any atom is 0.206 e. The zero-order valence-electron chi connectivity index (χ0n) is 10.9. The fourth-order valence-corrected chi connectivity index (χ4v) is 2.16. The second-order valence-electron chi connectivity index (χ2n) is 4.23. The highest BCUT2D eigenvalue weighted by Crippen LogP contribution is 2.29. The molecule has 0 spiro atoms. The summed E-state index contributed by atoms with van der Waals surface area (Å²) in [5, 5.41) is 4.16. The molecule has 0 aliphatic rings. The lowest BCUT2D eigenvalue weighted by atomic mass is 10.3. The first kappa shape index (κ1) is 11.6. The van der Waals surface area contributed by atoms with Crippen molar-refractivity contribution in [2.75, 3.05) is 12.3 Å². The number of aromatic nitrogens is 4. The Balaban J connectivity index is 2.25. The molecule has 3 rings (SSSR count). The van der Waals surface area contributed by atoms with Crippen LogP contribution in [0.2, 0.25) is 0 Å². The number of hydrogen-bond acceptors (Lipinski definition) is 4. The Hall–Kier alpha value is -2.50. The molecule has 0 atom stereocenters. The number of nitrogen functional groups attached to an aromatic ring is 1. The van der Waals surface area contributed by atoms with Crippen molar-refractivity contribution in [3.63, 3.8) is 0 Å².